The number of Topliss-reactive ketones (excluding diaryl/α,β-unsaturated/α-hetero) is 1. The Morgan fingerprint density at radius 1 is 1.03 bits per heavy atom. The van der Waals surface area contributed by atoms with E-state index in [-0.39, 0.29) is 17.6 Å². The van der Waals surface area contributed by atoms with Crippen LogP contribution in [0.1, 0.15) is 43.8 Å². The summed E-state index contributed by atoms with van der Waals surface area (Å²) in [7, 11) is 3.29. The second kappa shape index (κ2) is 8.61. The van der Waals surface area contributed by atoms with E-state index >= 15 is 0 Å². The molecule has 0 spiro atoms. The zero-order valence-corrected chi connectivity index (χ0v) is 17.6. The number of rotatable bonds is 4. The number of hydrogen-bond donors (Lipinski definition) is 0. The summed E-state index contributed by atoms with van der Waals surface area (Å²) in [6.45, 7) is 4.94. The first kappa shape index (κ1) is 21.4. The fourth-order valence-electron chi connectivity index (χ4n) is 3.44. The van der Waals surface area contributed by atoms with Crippen LogP contribution in [0.25, 0.3) is 0 Å². The third kappa shape index (κ3) is 4.32. The van der Waals surface area contributed by atoms with Crippen LogP contribution < -0.4 is 4.90 Å². The lowest BCUT2D eigenvalue weighted by atomic mass is 10.1. The highest BCUT2D eigenvalue weighted by atomic mass is 19.1. The zero-order chi connectivity index (χ0) is 22.0. The number of piperazine rings is 1. The van der Waals surface area contributed by atoms with Gasteiger partial charge >= 0.3 is 0 Å². The highest BCUT2D eigenvalue weighted by Gasteiger charge is 2.25. The second-order valence-corrected chi connectivity index (χ2v) is 7.53. The quantitative estimate of drug-likeness (QED) is 0.721. The highest BCUT2D eigenvalue weighted by Crippen LogP contribution is 2.23. The summed E-state index contributed by atoms with van der Waals surface area (Å²) in [5, 5.41) is 0. The van der Waals surface area contributed by atoms with Crippen LogP contribution in [-0.2, 0) is 0 Å². The molecule has 158 valence electrons. The summed E-state index contributed by atoms with van der Waals surface area (Å²) < 4.78 is 14.4. The maximum atomic E-state index is 14.4. The molecule has 2 heterocycles. The topological polar surface area (TPSA) is 73.8 Å². The van der Waals surface area contributed by atoms with E-state index in [0.717, 1.165) is 0 Å². The number of aryl methyl sites for hydroxylation is 1. The number of aromatic nitrogens is 1. The maximum absolute atomic E-state index is 14.4. The van der Waals surface area contributed by atoms with Gasteiger partial charge in [-0.25, -0.2) is 9.37 Å². The van der Waals surface area contributed by atoms with E-state index in [9.17, 15) is 18.8 Å². The van der Waals surface area contributed by atoms with Crippen LogP contribution in [0, 0.1) is 12.7 Å². The summed E-state index contributed by atoms with van der Waals surface area (Å²) in [6, 6.07) is 7.67. The van der Waals surface area contributed by atoms with Gasteiger partial charge in [0.05, 0.1) is 16.9 Å². The second-order valence-electron chi connectivity index (χ2n) is 7.53. The fraction of sp³-hybridized carbons (Fsp3) is 0.364. The van der Waals surface area contributed by atoms with Gasteiger partial charge in [-0.15, -0.1) is 0 Å². The number of halogens is 1. The van der Waals surface area contributed by atoms with Gasteiger partial charge in [-0.3, -0.25) is 14.4 Å². The van der Waals surface area contributed by atoms with Crippen molar-refractivity contribution in [3.8, 4) is 0 Å². The molecule has 1 aromatic carbocycles. The molecule has 1 fully saturated rings. The summed E-state index contributed by atoms with van der Waals surface area (Å²) >= 11 is 0. The van der Waals surface area contributed by atoms with E-state index < -0.39 is 5.82 Å². The predicted molar refractivity (Wildman–Crippen MR) is 112 cm³/mol. The van der Waals surface area contributed by atoms with Crippen molar-refractivity contribution in [3.63, 3.8) is 0 Å². The van der Waals surface area contributed by atoms with E-state index in [4.69, 9.17) is 0 Å². The number of hydrogen-bond acceptors (Lipinski definition) is 5. The number of amides is 2. The lowest BCUT2D eigenvalue weighted by Gasteiger charge is -2.36. The summed E-state index contributed by atoms with van der Waals surface area (Å²) in [5.41, 5.74) is 2.01. The molecular weight excluding hydrogens is 387 g/mol. The van der Waals surface area contributed by atoms with Gasteiger partial charge in [0.15, 0.2) is 5.78 Å². The Bertz CT molecular complexity index is 998. The van der Waals surface area contributed by atoms with Crippen molar-refractivity contribution in [2.24, 2.45) is 0 Å². The van der Waals surface area contributed by atoms with E-state index in [1.165, 1.54) is 17.9 Å². The summed E-state index contributed by atoms with van der Waals surface area (Å²) in [4.78, 5) is 45.7. The molecule has 1 aromatic heterocycles. The lowest BCUT2D eigenvalue weighted by Crippen LogP contribution is -2.49. The van der Waals surface area contributed by atoms with Crippen molar-refractivity contribution in [3.05, 3.63) is 58.7 Å². The van der Waals surface area contributed by atoms with Crippen molar-refractivity contribution in [1.82, 2.24) is 14.8 Å². The molecule has 3 rings (SSSR count). The minimum absolute atomic E-state index is 0.157. The zero-order valence-electron chi connectivity index (χ0n) is 17.6. The van der Waals surface area contributed by atoms with Gasteiger partial charge in [-0.2, -0.15) is 0 Å². The van der Waals surface area contributed by atoms with Crippen LogP contribution in [-0.4, -0.2) is 72.7 Å². The van der Waals surface area contributed by atoms with Crippen molar-refractivity contribution in [2.45, 2.75) is 13.8 Å². The summed E-state index contributed by atoms with van der Waals surface area (Å²) in [6.07, 6.45) is 0. The molecule has 30 heavy (non-hydrogen) atoms. The van der Waals surface area contributed by atoms with Crippen LogP contribution in [0.3, 0.4) is 0 Å². The molecular formula is C22H25FN4O3. The first-order valence-corrected chi connectivity index (χ1v) is 9.73. The standard InChI is InChI=1S/C22H25FN4O3/c1-14-17(6-7-19(24-14)22(30)25(3)4)21(29)27-11-9-26(10-12-27)20-8-5-16(15(2)28)13-18(20)23/h5-8,13H,9-12H2,1-4H3. The predicted octanol–water partition coefficient (Wildman–Crippen LogP) is 2.40. The van der Waals surface area contributed by atoms with E-state index in [1.807, 2.05) is 4.90 Å². The normalized spacial score (nSPS) is 13.9. The van der Waals surface area contributed by atoms with E-state index in [0.29, 0.717) is 54.4 Å². The minimum Gasteiger partial charge on any atom is -0.366 e. The number of ketones is 1. The van der Waals surface area contributed by atoms with Crippen LogP contribution in [0.15, 0.2) is 30.3 Å². The third-order valence-corrected chi connectivity index (χ3v) is 5.20. The van der Waals surface area contributed by atoms with Gasteiger partial charge in [0.1, 0.15) is 11.5 Å². The fourth-order valence-corrected chi connectivity index (χ4v) is 3.44. The maximum Gasteiger partial charge on any atom is 0.271 e. The molecule has 8 heteroatoms. The van der Waals surface area contributed by atoms with Gasteiger partial charge in [0.25, 0.3) is 11.8 Å². The SMILES string of the molecule is CC(=O)c1ccc(N2CCN(C(=O)c3ccc(C(=O)N(C)C)nc3C)CC2)c(F)c1. The molecule has 0 aliphatic carbocycles. The molecule has 1 aliphatic rings. The van der Waals surface area contributed by atoms with Crippen LogP contribution in [0.5, 0.6) is 0 Å². The smallest absolute Gasteiger partial charge is 0.271 e. The average Bonchev–Trinajstić information content (AvgIpc) is 2.72. The van der Waals surface area contributed by atoms with Crippen molar-refractivity contribution in [1.29, 1.82) is 0 Å². The number of benzene rings is 1. The Balaban J connectivity index is 1.69. The number of carbonyl (C=O) groups is 3. The highest BCUT2D eigenvalue weighted by molar-refractivity contribution is 5.97. The largest absolute Gasteiger partial charge is 0.366 e. The number of nitrogens with zero attached hydrogens (tertiary/aromatic N) is 4. The first-order chi connectivity index (χ1) is 14.2. The minimum atomic E-state index is -0.441. The van der Waals surface area contributed by atoms with Crippen molar-refractivity contribution in [2.75, 3.05) is 45.2 Å². The monoisotopic (exact) mass is 412 g/mol. The Morgan fingerprint density at radius 3 is 2.23 bits per heavy atom. The molecule has 2 aromatic rings. The van der Waals surface area contributed by atoms with E-state index in [2.05, 4.69) is 4.98 Å². The molecule has 0 atom stereocenters. The van der Waals surface area contributed by atoms with Gasteiger partial charge in [0, 0.05) is 45.8 Å². The Hall–Kier alpha value is -3.29. The Kier molecular flexibility index (Phi) is 6.14. The van der Waals surface area contributed by atoms with Crippen LogP contribution in [0.4, 0.5) is 10.1 Å². The molecule has 1 saturated heterocycles. The summed E-state index contributed by atoms with van der Waals surface area (Å²) in [5.74, 6) is -0.999. The first-order valence-electron chi connectivity index (χ1n) is 9.73. The lowest BCUT2D eigenvalue weighted by molar-refractivity contribution is 0.0743. The van der Waals surface area contributed by atoms with Crippen molar-refractivity contribution < 1.29 is 18.8 Å². The molecule has 2 amide bonds. The molecule has 7 nitrogen and oxygen atoms in total. The molecule has 0 bridgehead atoms. The third-order valence-electron chi connectivity index (χ3n) is 5.20. The van der Waals surface area contributed by atoms with Gasteiger partial charge in [0.2, 0.25) is 0 Å². The molecule has 0 radical (unpaired) electrons. The van der Waals surface area contributed by atoms with Crippen molar-refractivity contribution >= 4 is 23.3 Å². The number of pyridine rings is 1. The Labute approximate surface area is 175 Å². The van der Waals surface area contributed by atoms with Crippen LogP contribution >= 0.6 is 0 Å². The molecule has 0 saturated carbocycles. The van der Waals surface area contributed by atoms with Crippen LogP contribution in [0.2, 0.25) is 0 Å². The number of carbonyl (C=O) groups excluding carboxylic acids is 3. The Morgan fingerprint density at radius 2 is 1.70 bits per heavy atom. The van der Waals surface area contributed by atoms with Gasteiger partial charge in [-0.05, 0) is 44.2 Å². The molecule has 0 N–H and O–H groups in total. The average molecular weight is 412 g/mol. The van der Waals surface area contributed by atoms with Gasteiger partial charge < -0.3 is 14.7 Å². The molecule has 0 unspecified atom stereocenters. The number of anilines is 1. The molecule has 1 aliphatic heterocycles. The van der Waals surface area contributed by atoms with Gasteiger partial charge in [-0.1, -0.05) is 0 Å². The van der Waals surface area contributed by atoms with E-state index in [1.54, 1.807) is 50.2 Å².